The monoisotopic (exact) mass is 320 g/mol. The highest BCUT2D eigenvalue weighted by atomic mass is 35.5. The molecule has 0 bridgehead atoms. The molecule has 1 aliphatic carbocycles. The van der Waals surface area contributed by atoms with Crippen LogP contribution in [-0.2, 0) is 19.3 Å². The molecule has 2 aromatic carbocycles. The summed E-state index contributed by atoms with van der Waals surface area (Å²) in [7, 11) is 0. The topological polar surface area (TPSA) is 38.0 Å². The molecule has 2 nitrogen and oxygen atoms in total. The van der Waals surface area contributed by atoms with E-state index in [9.17, 15) is 0 Å². The number of fused-ring (bicyclic) bond motifs is 1. The van der Waals surface area contributed by atoms with E-state index in [2.05, 4.69) is 23.6 Å². The molecule has 3 rings (SSSR count). The predicted molar refractivity (Wildman–Crippen MR) is 88.7 cm³/mol. The van der Waals surface area contributed by atoms with Crippen LogP contribution in [0.2, 0.25) is 10.0 Å². The van der Waals surface area contributed by atoms with Gasteiger partial charge in [0, 0.05) is 6.04 Å². The van der Waals surface area contributed by atoms with E-state index in [0.29, 0.717) is 10.0 Å². The van der Waals surface area contributed by atoms with E-state index in [1.807, 2.05) is 18.2 Å². The second-order valence-electron chi connectivity index (χ2n) is 5.55. The molecule has 1 atom stereocenters. The summed E-state index contributed by atoms with van der Waals surface area (Å²) < 4.78 is 0. The van der Waals surface area contributed by atoms with Crippen LogP contribution in [0.25, 0.3) is 0 Å². The smallest absolute Gasteiger partial charge is 0.0595 e. The molecular formula is C17H18Cl2N2. The molecule has 0 spiro atoms. The molecule has 0 heterocycles. The molecule has 0 aliphatic heterocycles. The van der Waals surface area contributed by atoms with Gasteiger partial charge in [-0.2, -0.15) is 0 Å². The van der Waals surface area contributed by atoms with E-state index in [-0.39, 0.29) is 6.04 Å². The van der Waals surface area contributed by atoms with Crippen molar-refractivity contribution in [1.29, 1.82) is 0 Å². The Bertz CT molecular complexity index is 655. The van der Waals surface area contributed by atoms with E-state index in [4.69, 9.17) is 29.0 Å². The SMILES string of the molecule is NNC(Cc1ccc(Cl)c(Cl)c1)c1ccc2c(c1)CCC2. The van der Waals surface area contributed by atoms with Crippen molar-refractivity contribution in [2.24, 2.45) is 5.84 Å². The van der Waals surface area contributed by atoms with Crippen molar-refractivity contribution in [2.75, 3.05) is 0 Å². The molecule has 0 saturated heterocycles. The summed E-state index contributed by atoms with van der Waals surface area (Å²) in [6.45, 7) is 0. The molecule has 0 radical (unpaired) electrons. The highest BCUT2D eigenvalue weighted by Gasteiger charge is 2.16. The van der Waals surface area contributed by atoms with E-state index >= 15 is 0 Å². The van der Waals surface area contributed by atoms with Crippen LogP contribution in [0.15, 0.2) is 36.4 Å². The maximum atomic E-state index is 6.08. The van der Waals surface area contributed by atoms with Gasteiger partial charge >= 0.3 is 0 Å². The van der Waals surface area contributed by atoms with E-state index < -0.39 is 0 Å². The van der Waals surface area contributed by atoms with E-state index in [1.54, 1.807) is 0 Å². The molecule has 1 aliphatic rings. The molecule has 2 aromatic rings. The summed E-state index contributed by atoms with van der Waals surface area (Å²) in [5.74, 6) is 5.76. The third kappa shape index (κ3) is 3.24. The van der Waals surface area contributed by atoms with Crippen molar-refractivity contribution in [3.8, 4) is 0 Å². The Morgan fingerprint density at radius 3 is 2.57 bits per heavy atom. The second kappa shape index (κ2) is 6.37. The molecule has 1 unspecified atom stereocenters. The first kappa shape index (κ1) is 14.9. The summed E-state index contributed by atoms with van der Waals surface area (Å²) in [6.07, 6.45) is 4.41. The van der Waals surface area contributed by atoms with Gasteiger partial charge in [0.2, 0.25) is 0 Å². The summed E-state index contributed by atoms with van der Waals surface area (Å²) >= 11 is 12.0. The Morgan fingerprint density at radius 2 is 1.81 bits per heavy atom. The molecule has 3 N–H and O–H groups in total. The largest absolute Gasteiger partial charge is 0.271 e. The van der Waals surface area contributed by atoms with Crippen LogP contribution < -0.4 is 11.3 Å². The lowest BCUT2D eigenvalue weighted by Crippen LogP contribution is -2.29. The van der Waals surface area contributed by atoms with Gasteiger partial charge in [-0.1, -0.05) is 47.5 Å². The van der Waals surface area contributed by atoms with Crippen LogP contribution in [0.4, 0.5) is 0 Å². The van der Waals surface area contributed by atoms with Crippen LogP contribution in [0, 0.1) is 0 Å². The number of hydrogen-bond acceptors (Lipinski definition) is 2. The molecule has 21 heavy (non-hydrogen) atoms. The lowest BCUT2D eigenvalue weighted by Gasteiger charge is -2.18. The first-order valence-corrected chi connectivity index (χ1v) is 7.94. The summed E-state index contributed by atoms with van der Waals surface area (Å²) in [4.78, 5) is 0. The van der Waals surface area contributed by atoms with Gasteiger partial charge in [-0.3, -0.25) is 11.3 Å². The van der Waals surface area contributed by atoms with Crippen molar-refractivity contribution >= 4 is 23.2 Å². The van der Waals surface area contributed by atoms with Crippen molar-refractivity contribution in [1.82, 2.24) is 5.43 Å². The minimum absolute atomic E-state index is 0.0770. The third-order valence-corrected chi connectivity index (χ3v) is 4.89. The second-order valence-corrected chi connectivity index (χ2v) is 6.37. The third-order valence-electron chi connectivity index (χ3n) is 4.15. The lowest BCUT2D eigenvalue weighted by molar-refractivity contribution is 0.551. The first-order valence-electron chi connectivity index (χ1n) is 7.19. The van der Waals surface area contributed by atoms with Crippen LogP contribution in [0.1, 0.15) is 34.7 Å². The molecule has 0 saturated carbocycles. The number of halogens is 2. The minimum atomic E-state index is 0.0770. The van der Waals surface area contributed by atoms with E-state index in [0.717, 1.165) is 12.0 Å². The number of nitrogens with one attached hydrogen (secondary N) is 1. The molecular weight excluding hydrogens is 303 g/mol. The van der Waals surface area contributed by atoms with Gasteiger partial charge in [0.05, 0.1) is 10.0 Å². The Morgan fingerprint density at radius 1 is 1.00 bits per heavy atom. The molecule has 0 amide bonds. The fourth-order valence-corrected chi connectivity index (χ4v) is 3.30. The Kier molecular flexibility index (Phi) is 4.51. The zero-order valence-electron chi connectivity index (χ0n) is 11.7. The van der Waals surface area contributed by atoms with Gasteiger partial charge in [-0.25, -0.2) is 0 Å². The summed E-state index contributed by atoms with van der Waals surface area (Å²) in [6, 6.07) is 12.5. The maximum Gasteiger partial charge on any atom is 0.0595 e. The normalized spacial score (nSPS) is 15.0. The Balaban J connectivity index is 1.83. The average molecular weight is 321 g/mol. The maximum absolute atomic E-state index is 6.08. The number of rotatable bonds is 4. The summed E-state index contributed by atoms with van der Waals surface area (Å²) in [5, 5.41) is 1.16. The average Bonchev–Trinajstić information content (AvgIpc) is 2.95. The summed E-state index contributed by atoms with van der Waals surface area (Å²) in [5.41, 5.74) is 8.20. The number of benzene rings is 2. The standard InChI is InChI=1S/C17H18Cl2N2/c18-15-7-4-11(8-16(15)19)9-17(21-20)14-6-5-12-2-1-3-13(12)10-14/h4-8,10,17,21H,1-3,9,20H2. The zero-order chi connectivity index (χ0) is 14.8. The lowest BCUT2D eigenvalue weighted by atomic mass is 9.96. The van der Waals surface area contributed by atoms with Crippen molar-refractivity contribution in [2.45, 2.75) is 31.7 Å². The number of hydrazine groups is 1. The number of hydrogen-bond donors (Lipinski definition) is 2. The number of nitrogens with two attached hydrogens (primary N) is 1. The minimum Gasteiger partial charge on any atom is -0.271 e. The zero-order valence-corrected chi connectivity index (χ0v) is 13.2. The van der Waals surface area contributed by atoms with Gasteiger partial charge in [0.1, 0.15) is 0 Å². The van der Waals surface area contributed by atoms with Gasteiger partial charge < -0.3 is 0 Å². The van der Waals surface area contributed by atoms with Crippen molar-refractivity contribution < 1.29 is 0 Å². The molecule has 110 valence electrons. The van der Waals surface area contributed by atoms with Crippen LogP contribution in [-0.4, -0.2) is 0 Å². The van der Waals surface area contributed by atoms with Crippen LogP contribution >= 0.6 is 23.2 Å². The fourth-order valence-electron chi connectivity index (χ4n) is 2.98. The molecule has 0 fully saturated rings. The molecule has 4 heteroatoms. The first-order chi connectivity index (χ1) is 10.2. The van der Waals surface area contributed by atoms with Crippen LogP contribution in [0.5, 0.6) is 0 Å². The van der Waals surface area contributed by atoms with Gasteiger partial charge in [0.25, 0.3) is 0 Å². The van der Waals surface area contributed by atoms with Crippen molar-refractivity contribution in [3.05, 3.63) is 68.7 Å². The van der Waals surface area contributed by atoms with Gasteiger partial charge in [-0.05, 0) is 60.1 Å². The fraction of sp³-hybridized carbons (Fsp3) is 0.294. The Hall–Kier alpha value is -1.06. The Labute approximate surface area is 135 Å². The van der Waals surface area contributed by atoms with E-state index in [1.165, 1.54) is 36.0 Å². The van der Waals surface area contributed by atoms with Crippen molar-refractivity contribution in [3.63, 3.8) is 0 Å². The highest BCUT2D eigenvalue weighted by Crippen LogP contribution is 2.28. The predicted octanol–water partition coefficient (Wildman–Crippen LogP) is 4.23. The quantitative estimate of drug-likeness (QED) is 0.653. The molecule has 0 aromatic heterocycles. The number of aryl methyl sites for hydroxylation is 2. The van der Waals surface area contributed by atoms with Crippen LogP contribution in [0.3, 0.4) is 0 Å². The van der Waals surface area contributed by atoms with Gasteiger partial charge in [-0.15, -0.1) is 0 Å². The van der Waals surface area contributed by atoms with Gasteiger partial charge in [0.15, 0.2) is 0 Å². The highest BCUT2D eigenvalue weighted by molar-refractivity contribution is 6.42.